The summed E-state index contributed by atoms with van der Waals surface area (Å²) in [7, 11) is 2.01. The zero-order valence-corrected chi connectivity index (χ0v) is 14.9. The van der Waals surface area contributed by atoms with Crippen LogP contribution in [0.3, 0.4) is 0 Å². The molecule has 2 heterocycles. The summed E-state index contributed by atoms with van der Waals surface area (Å²) in [6.45, 7) is 9.41. The predicted molar refractivity (Wildman–Crippen MR) is 90.4 cm³/mol. The van der Waals surface area contributed by atoms with Gasteiger partial charge in [0.1, 0.15) is 0 Å². The van der Waals surface area contributed by atoms with Crippen molar-refractivity contribution in [3.63, 3.8) is 0 Å². The van der Waals surface area contributed by atoms with Gasteiger partial charge in [0.15, 0.2) is 0 Å². The lowest BCUT2D eigenvalue weighted by molar-refractivity contribution is 0.552. The number of nitrogens with zero attached hydrogens (tertiary/aromatic N) is 3. The van der Waals surface area contributed by atoms with Gasteiger partial charge in [-0.2, -0.15) is 5.10 Å². The molecule has 0 saturated heterocycles. The van der Waals surface area contributed by atoms with E-state index in [0.29, 0.717) is 5.92 Å². The van der Waals surface area contributed by atoms with Gasteiger partial charge in [0.05, 0.1) is 22.4 Å². The molecule has 0 spiro atoms. The number of hydrogen-bond acceptors (Lipinski definition) is 2. The topological polar surface area (TPSA) is 34.8 Å². The first-order valence-corrected chi connectivity index (χ1v) is 8.36. The molecule has 5 heteroatoms. The molecule has 0 atom stereocenters. The zero-order chi connectivity index (χ0) is 15.4. The van der Waals surface area contributed by atoms with E-state index >= 15 is 0 Å². The Morgan fingerprint density at radius 3 is 2.76 bits per heavy atom. The summed E-state index contributed by atoms with van der Waals surface area (Å²) >= 11 is 3.68. The lowest BCUT2D eigenvalue weighted by Crippen LogP contribution is -2.18. The second-order valence-electron chi connectivity index (χ2n) is 5.90. The van der Waals surface area contributed by atoms with E-state index in [2.05, 4.69) is 70.1 Å². The molecule has 2 aromatic heterocycles. The Bertz CT molecular complexity index is 583. The smallest absolute Gasteiger partial charge is 0.0767 e. The average Bonchev–Trinajstić information content (AvgIpc) is 2.98. The van der Waals surface area contributed by atoms with Crippen molar-refractivity contribution in [3.8, 4) is 0 Å². The zero-order valence-electron chi connectivity index (χ0n) is 13.4. The van der Waals surface area contributed by atoms with Crippen molar-refractivity contribution < 1.29 is 0 Å². The van der Waals surface area contributed by atoms with Gasteiger partial charge in [-0.05, 0) is 46.4 Å². The molecule has 0 aromatic carbocycles. The molecular weight excluding hydrogens is 328 g/mol. The lowest BCUT2D eigenvalue weighted by atomic mass is 10.2. The molecule has 0 aliphatic rings. The molecular formula is C16H25BrN4. The van der Waals surface area contributed by atoms with Gasteiger partial charge >= 0.3 is 0 Å². The normalized spacial score (nSPS) is 11.5. The first kappa shape index (κ1) is 16.3. The largest absolute Gasteiger partial charge is 0.348 e. The quantitative estimate of drug-likeness (QED) is 0.829. The minimum Gasteiger partial charge on any atom is -0.348 e. The summed E-state index contributed by atoms with van der Waals surface area (Å²) in [5, 5.41) is 8.02. The molecule has 0 radical (unpaired) electrons. The minimum atomic E-state index is 0.685. The number of aryl methyl sites for hydroxylation is 2. The molecule has 21 heavy (non-hydrogen) atoms. The van der Waals surface area contributed by atoms with Gasteiger partial charge in [-0.3, -0.25) is 4.68 Å². The molecule has 0 fully saturated rings. The Morgan fingerprint density at radius 1 is 1.38 bits per heavy atom. The third kappa shape index (κ3) is 4.20. The van der Waals surface area contributed by atoms with Crippen molar-refractivity contribution in [2.75, 3.05) is 6.54 Å². The van der Waals surface area contributed by atoms with Crippen LogP contribution in [0.1, 0.15) is 37.7 Å². The maximum absolute atomic E-state index is 4.54. The third-order valence-electron chi connectivity index (χ3n) is 3.53. The number of halogens is 1. The summed E-state index contributed by atoms with van der Waals surface area (Å²) in [5.41, 5.74) is 3.66. The highest BCUT2D eigenvalue weighted by Crippen LogP contribution is 2.22. The average molecular weight is 353 g/mol. The minimum absolute atomic E-state index is 0.685. The van der Waals surface area contributed by atoms with Crippen LogP contribution >= 0.6 is 15.9 Å². The van der Waals surface area contributed by atoms with Gasteiger partial charge in [0, 0.05) is 26.0 Å². The van der Waals surface area contributed by atoms with Crippen LogP contribution in [0.4, 0.5) is 0 Å². The summed E-state index contributed by atoms with van der Waals surface area (Å²) in [6.07, 6.45) is 5.29. The fourth-order valence-corrected chi connectivity index (χ4v) is 3.10. The van der Waals surface area contributed by atoms with Crippen LogP contribution in [0.15, 0.2) is 22.9 Å². The molecule has 0 aliphatic heterocycles. The molecule has 1 N–H and O–H groups in total. The van der Waals surface area contributed by atoms with Crippen molar-refractivity contribution in [2.24, 2.45) is 13.0 Å². The Balaban J connectivity index is 2.01. The maximum Gasteiger partial charge on any atom is 0.0767 e. The van der Waals surface area contributed by atoms with Gasteiger partial charge < -0.3 is 9.88 Å². The van der Waals surface area contributed by atoms with Gasteiger partial charge in [-0.25, -0.2) is 0 Å². The van der Waals surface area contributed by atoms with Crippen molar-refractivity contribution in [3.05, 3.63) is 39.9 Å². The Morgan fingerprint density at radius 2 is 2.14 bits per heavy atom. The van der Waals surface area contributed by atoms with Gasteiger partial charge in [0.2, 0.25) is 0 Å². The van der Waals surface area contributed by atoms with Gasteiger partial charge in [0.25, 0.3) is 0 Å². The molecule has 4 nitrogen and oxygen atoms in total. The van der Waals surface area contributed by atoms with E-state index in [9.17, 15) is 0 Å². The van der Waals surface area contributed by atoms with Crippen LogP contribution < -0.4 is 5.32 Å². The van der Waals surface area contributed by atoms with E-state index in [1.807, 2.05) is 11.7 Å². The molecule has 116 valence electrons. The molecule has 2 aromatic rings. The van der Waals surface area contributed by atoms with E-state index in [1.165, 1.54) is 11.3 Å². The highest BCUT2D eigenvalue weighted by atomic mass is 79.9. The van der Waals surface area contributed by atoms with Crippen molar-refractivity contribution in [2.45, 2.75) is 40.3 Å². The first-order valence-electron chi connectivity index (χ1n) is 7.56. The van der Waals surface area contributed by atoms with Crippen LogP contribution in [0, 0.1) is 5.92 Å². The molecule has 0 amide bonds. The van der Waals surface area contributed by atoms with Crippen molar-refractivity contribution in [1.82, 2.24) is 19.7 Å². The van der Waals surface area contributed by atoms with E-state index < -0.39 is 0 Å². The van der Waals surface area contributed by atoms with Crippen LogP contribution in [-0.4, -0.2) is 20.9 Å². The van der Waals surface area contributed by atoms with Crippen LogP contribution in [0.5, 0.6) is 0 Å². The first-order chi connectivity index (χ1) is 10.0. The Kier molecular flexibility index (Phi) is 5.65. The molecule has 0 aliphatic carbocycles. The predicted octanol–water partition coefficient (Wildman–Crippen LogP) is 3.34. The third-order valence-corrected chi connectivity index (χ3v) is 4.44. The van der Waals surface area contributed by atoms with E-state index in [-0.39, 0.29) is 0 Å². The van der Waals surface area contributed by atoms with Crippen LogP contribution in [-0.2, 0) is 26.6 Å². The van der Waals surface area contributed by atoms with Crippen LogP contribution in [0.2, 0.25) is 0 Å². The number of rotatable bonds is 7. The fourth-order valence-electron chi connectivity index (χ4n) is 2.36. The van der Waals surface area contributed by atoms with Gasteiger partial charge in [-0.15, -0.1) is 0 Å². The lowest BCUT2D eigenvalue weighted by Gasteiger charge is -2.06. The summed E-state index contributed by atoms with van der Waals surface area (Å²) in [6, 6.07) is 2.18. The standard InChI is InChI=1S/C16H25BrN4/c1-5-14-16(17)15(20(4)19-14)11-21-7-6-13(10-21)9-18-8-12(2)3/h6-7,10,12,18H,5,8-9,11H2,1-4H3. The highest BCUT2D eigenvalue weighted by Gasteiger charge is 2.12. The number of hydrogen-bond donors (Lipinski definition) is 1. The Hall–Kier alpha value is -1.07. The van der Waals surface area contributed by atoms with E-state index in [0.717, 1.165) is 36.2 Å². The van der Waals surface area contributed by atoms with Crippen LogP contribution in [0.25, 0.3) is 0 Å². The summed E-state index contributed by atoms with van der Waals surface area (Å²) in [4.78, 5) is 0. The van der Waals surface area contributed by atoms with E-state index in [4.69, 9.17) is 0 Å². The summed E-state index contributed by atoms with van der Waals surface area (Å²) in [5.74, 6) is 0.685. The van der Waals surface area contributed by atoms with Gasteiger partial charge in [-0.1, -0.05) is 20.8 Å². The summed E-state index contributed by atoms with van der Waals surface area (Å²) < 4.78 is 5.33. The van der Waals surface area contributed by atoms with Crippen molar-refractivity contribution in [1.29, 1.82) is 0 Å². The SMILES string of the molecule is CCc1nn(C)c(Cn2ccc(CNCC(C)C)c2)c1Br. The maximum atomic E-state index is 4.54. The van der Waals surface area contributed by atoms with Crippen molar-refractivity contribution >= 4 is 15.9 Å². The fraction of sp³-hybridized carbons (Fsp3) is 0.562. The number of nitrogens with one attached hydrogen (secondary N) is 1. The molecule has 0 saturated carbocycles. The second kappa shape index (κ2) is 7.27. The second-order valence-corrected chi connectivity index (χ2v) is 6.69. The molecule has 0 bridgehead atoms. The highest BCUT2D eigenvalue weighted by molar-refractivity contribution is 9.10. The number of aromatic nitrogens is 3. The molecule has 0 unspecified atom stereocenters. The monoisotopic (exact) mass is 352 g/mol. The van der Waals surface area contributed by atoms with E-state index in [1.54, 1.807) is 0 Å². The Labute approximate surface area is 135 Å². The molecule has 2 rings (SSSR count).